The van der Waals surface area contributed by atoms with Gasteiger partial charge < -0.3 is 5.32 Å². The van der Waals surface area contributed by atoms with Crippen LogP contribution in [0.5, 0.6) is 0 Å². The van der Waals surface area contributed by atoms with E-state index in [1.807, 2.05) is 7.05 Å². The van der Waals surface area contributed by atoms with Gasteiger partial charge in [0.25, 0.3) is 0 Å². The van der Waals surface area contributed by atoms with Crippen LogP contribution in [0.4, 0.5) is 0 Å². The molecule has 0 spiro atoms. The number of hydrogen-bond acceptors (Lipinski definition) is 0. The molecule has 0 bridgehead atoms. The second kappa shape index (κ2) is 13.9. The molecule has 0 saturated heterocycles. The van der Waals surface area contributed by atoms with Gasteiger partial charge in [0.05, 0.1) is 0 Å². The van der Waals surface area contributed by atoms with Gasteiger partial charge in [0.2, 0.25) is 0 Å². The van der Waals surface area contributed by atoms with Crippen LogP contribution in [-0.2, 0) is 0 Å². The molecule has 1 nitrogen and oxygen atoms in total. The Hall–Kier alpha value is 1.31. The van der Waals surface area contributed by atoms with Crippen LogP contribution < -0.4 is 0 Å². The second-order valence-corrected chi connectivity index (χ2v) is 2.81. The summed E-state index contributed by atoms with van der Waals surface area (Å²) in [5.41, 5.74) is 0. The molecule has 1 fully saturated rings. The Bertz CT molecular complexity index is 43.9. The van der Waals surface area contributed by atoms with Crippen molar-refractivity contribution in [1.82, 2.24) is 0 Å². The van der Waals surface area contributed by atoms with Gasteiger partial charge in [-0.2, -0.15) is 7.05 Å². The predicted octanol–water partition coefficient (Wildman–Crippen LogP) is 3.35. The van der Waals surface area contributed by atoms with Gasteiger partial charge in [-0.1, -0.05) is 45.4 Å². The summed E-state index contributed by atoms with van der Waals surface area (Å²) in [6.07, 6.45) is 8.68. The maximum atomic E-state index is 3.85. The molecule has 11 heavy (non-hydrogen) atoms. The summed E-state index contributed by atoms with van der Waals surface area (Å²) in [7, 11) is 1.84. The van der Waals surface area contributed by atoms with Crippen molar-refractivity contribution in [1.29, 1.82) is 0 Å². The Balaban J connectivity index is 0. The molecule has 0 amide bonds. The minimum atomic E-state index is 0. The van der Waals surface area contributed by atoms with E-state index in [9.17, 15) is 0 Å². The first-order valence-electron chi connectivity index (χ1n) is 4.47. The first-order valence-corrected chi connectivity index (χ1v) is 4.47. The Labute approximate surface area is 104 Å². The molecule has 2 heteroatoms. The van der Waals surface area contributed by atoms with Crippen LogP contribution in [0.1, 0.15) is 45.4 Å². The van der Waals surface area contributed by atoms with Gasteiger partial charge >= 0.3 is 0 Å². The summed E-state index contributed by atoms with van der Waals surface area (Å²) < 4.78 is 0. The monoisotopic (exact) mass is 284 g/mol. The van der Waals surface area contributed by atoms with Crippen LogP contribution in [0, 0.1) is 40.8 Å². The molecule has 0 aromatic rings. The zero-order valence-corrected chi connectivity index (χ0v) is 11.1. The van der Waals surface area contributed by atoms with Gasteiger partial charge in [0.1, 0.15) is 0 Å². The predicted molar refractivity (Wildman–Crippen MR) is 47.5 cm³/mol. The SMILES string of the molecule is C1CCCC1.CCC[N-]C.[Nd]. The largest absolute Gasteiger partial charge is 0.665 e. The summed E-state index contributed by atoms with van der Waals surface area (Å²) in [4.78, 5) is 0. The molecule has 1 rings (SSSR count). The molecule has 0 aliphatic heterocycles. The molecule has 0 unspecified atom stereocenters. The third-order valence-corrected chi connectivity index (χ3v) is 1.70. The van der Waals surface area contributed by atoms with Crippen molar-refractivity contribution < 1.29 is 40.8 Å². The quantitative estimate of drug-likeness (QED) is 0.739. The van der Waals surface area contributed by atoms with E-state index in [1.165, 1.54) is 38.5 Å². The third kappa shape index (κ3) is 14.2. The normalized spacial score (nSPS) is 14.7. The average Bonchev–Trinajstić information content (AvgIpc) is 2.44. The van der Waals surface area contributed by atoms with Crippen LogP contribution >= 0.6 is 0 Å². The van der Waals surface area contributed by atoms with E-state index in [2.05, 4.69) is 12.2 Å². The summed E-state index contributed by atoms with van der Waals surface area (Å²) in [5.74, 6) is 0. The summed E-state index contributed by atoms with van der Waals surface area (Å²) in [6.45, 7) is 3.13. The van der Waals surface area contributed by atoms with Crippen LogP contribution in [0.2, 0.25) is 0 Å². The minimum Gasteiger partial charge on any atom is -0.665 e. The van der Waals surface area contributed by atoms with Crippen LogP contribution in [0.25, 0.3) is 5.32 Å². The first kappa shape index (κ1) is 14.8. The minimum absolute atomic E-state index is 0. The molecular formula is C9H20NNd-. The van der Waals surface area contributed by atoms with E-state index < -0.39 is 0 Å². The molecule has 0 radical (unpaired) electrons. The molecule has 0 aromatic carbocycles. The van der Waals surface area contributed by atoms with Crippen molar-refractivity contribution in [3.63, 3.8) is 0 Å². The summed E-state index contributed by atoms with van der Waals surface area (Å²) in [6, 6.07) is 0. The van der Waals surface area contributed by atoms with Crippen LogP contribution in [0.15, 0.2) is 0 Å². The fourth-order valence-corrected chi connectivity index (χ4v) is 1.11. The van der Waals surface area contributed by atoms with Gasteiger partial charge in [-0.3, -0.25) is 0 Å². The molecule has 66 valence electrons. The first-order chi connectivity index (χ1) is 4.91. The van der Waals surface area contributed by atoms with Gasteiger partial charge in [-0.05, 0) is 0 Å². The van der Waals surface area contributed by atoms with Crippen molar-refractivity contribution in [2.45, 2.75) is 45.4 Å². The van der Waals surface area contributed by atoms with Crippen molar-refractivity contribution in [2.24, 2.45) is 0 Å². The maximum absolute atomic E-state index is 3.85. The Morgan fingerprint density at radius 3 is 1.45 bits per heavy atom. The van der Waals surface area contributed by atoms with E-state index in [0.717, 1.165) is 6.54 Å². The molecule has 0 atom stereocenters. The molecule has 1 saturated carbocycles. The molecule has 0 heterocycles. The Morgan fingerprint density at radius 1 is 1.00 bits per heavy atom. The van der Waals surface area contributed by atoms with Crippen LogP contribution in [-0.4, -0.2) is 13.6 Å². The fourth-order valence-electron chi connectivity index (χ4n) is 1.11. The summed E-state index contributed by atoms with van der Waals surface area (Å²) >= 11 is 0. The Morgan fingerprint density at radius 2 is 1.36 bits per heavy atom. The van der Waals surface area contributed by atoms with Crippen molar-refractivity contribution in [2.75, 3.05) is 13.6 Å². The Kier molecular flexibility index (Phi) is 18.7. The molecule has 0 N–H and O–H groups in total. The molecule has 1 aliphatic carbocycles. The second-order valence-electron chi connectivity index (χ2n) is 2.81. The van der Waals surface area contributed by atoms with E-state index in [0.29, 0.717) is 0 Å². The molecular weight excluding hydrogens is 266 g/mol. The van der Waals surface area contributed by atoms with Crippen molar-refractivity contribution in [3.8, 4) is 0 Å². The zero-order valence-electron chi connectivity index (χ0n) is 7.90. The number of hydrogen-bond donors (Lipinski definition) is 0. The van der Waals surface area contributed by atoms with Crippen LogP contribution in [0.3, 0.4) is 0 Å². The van der Waals surface area contributed by atoms with Gasteiger partial charge in [0.15, 0.2) is 0 Å². The molecule has 1 aliphatic rings. The molecule has 0 aromatic heterocycles. The number of nitrogens with zero attached hydrogens (tertiary/aromatic N) is 1. The zero-order chi connectivity index (χ0) is 7.66. The topological polar surface area (TPSA) is 14.1 Å². The van der Waals surface area contributed by atoms with Gasteiger partial charge in [-0.15, -0.1) is 6.54 Å². The fraction of sp³-hybridized carbons (Fsp3) is 1.00. The van der Waals surface area contributed by atoms with E-state index >= 15 is 0 Å². The number of rotatable bonds is 2. The maximum Gasteiger partial charge on any atom is 0 e. The average molecular weight is 287 g/mol. The van der Waals surface area contributed by atoms with Crippen molar-refractivity contribution in [3.05, 3.63) is 5.32 Å². The van der Waals surface area contributed by atoms with Gasteiger partial charge in [-0.25, -0.2) is 0 Å². The van der Waals surface area contributed by atoms with Gasteiger partial charge in [0, 0.05) is 40.8 Å². The van der Waals surface area contributed by atoms with E-state index in [4.69, 9.17) is 0 Å². The van der Waals surface area contributed by atoms with Crippen molar-refractivity contribution >= 4 is 0 Å². The summed E-state index contributed by atoms with van der Waals surface area (Å²) in [5, 5.41) is 3.85. The van der Waals surface area contributed by atoms with E-state index in [-0.39, 0.29) is 40.8 Å². The smallest absolute Gasteiger partial charge is 0 e. The standard InChI is InChI=1S/C5H10.C4H10N.Nd/c1-2-4-5-3-1;1-3-4-5-2;/h1-5H2;3-4H2,1-2H3;/q;-1;. The van der Waals surface area contributed by atoms with E-state index in [1.54, 1.807) is 0 Å². The third-order valence-electron chi connectivity index (χ3n) is 1.70.